The van der Waals surface area contributed by atoms with E-state index in [0.29, 0.717) is 30.9 Å². The number of carbonyl (C=O) groups excluding carboxylic acids is 1. The first-order valence-corrected chi connectivity index (χ1v) is 9.79. The molecule has 1 aliphatic heterocycles. The van der Waals surface area contributed by atoms with Gasteiger partial charge < -0.3 is 10.0 Å². The second kappa shape index (κ2) is 7.93. The maximum absolute atomic E-state index is 13.2. The van der Waals surface area contributed by atoms with Crippen molar-refractivity contribution >= 4 is 11.7 Å². The van der Waals surface area contributed by atoms with Crippen molar-refractivity contribution in [2.24, 2.45) is 0 Å². The number of piperazine rings is 1. The molecule has 1 N–H and O–H groups in total. The van der Waals surface area contributed by atoms with E-state index >= 15 is 0 Å². The number of β-amino-alcohol motifs (C(OH)–C–C–N with tert-alkyl or cyclic N) is 1. The number of nitrogens with zero attached hydrogens (tertiary/aromatic N) is 4. The van der Waals surface area contributed by atoms with Gasteiger partial charge in [0, 0.05) is 39.1 Å². The lowest BCUT2D eigenvalue weighted by atomic mass is 9.81. The molecule has 0 amide bonds. The molecule has 2 heterocycles. The SMILES string of the molecule is Cc1nc(N2CCN(CCO)CC2)nc2c1C(=O)C[C@@H](c1ccc(F)cc1)C2. The maximum Gasteiger partial charge on any atom is 0.225 e. The fraction of sp³-hybridized carbons (Fsp3) is 0.476. The quantitative estimate of drug-likeness (QED) is 0.869. The number of benzene rings is 1. The minimum Gasteiger partial charge on any atom is -0.395 e. The zero-order chi connectivity index (χ0) is 19.7. The second-order valence-electron chi connectivity index (χ2n) is 7.56. The third kappa shape index (κ3) is 3.77. The van der Waals surface area contributed by atoms with Crippen molar-refractivity contribution in [1.82, 2.24) is 14.9 Å². The number of anilines is 1. The summed E-state index contributed by atoms with van der Waals surface area (Å²) in [4.78, 5) is 26.5. The molecule has 148 valence electrons. The lowest BCUT2D eigenvalue weighted by Gasteiger charge is -2.35. The highest BCUT2D eigenvalue weighted by Crippen LogP contribution is 2.33. The predicted molar refractivity (Wildman–Crippen MR) is 104 cm³/mol. The summed E-state index contributed by atoms with van der Waals surface area (Å²) < 4.78 is 13.2. The van der Waals surface area contributed by atoms with Crippen LogP contribution in [0, 0.1) is 12.7 Å². The summed E-state index contributed by atoms with van der Waals surface area (Å²) in [7, 11) is 0. The number of rotatable bonds is 4. The normalized spacial score (nSPS) is 20.3. The molecule has 0 unspecified atom stereocenters. The molecule has 1 aromatic carbocycles. The smallest absolute Gasteiger partial charge is 0.225 e. The van der Waals surface area contributed by atoms with Crippen LogP contribution in [-0.2, 0) is 6.42 Å². The molecule has 1 aliphatic carbocycles. The van der Waals surface area contributed by atoms with Crippen molar-refractivity contribution in [1.29, 1.82) is 0 Å². The average Bonchev–Trinajstić information content (AvgIpc) is 2.68. The van der Waals surface area contributed by atoms with Gasteiger partial charge >= 0.3 is 0 Å². The Kier molecular flexibility index (Phi) is 5.37. The van der Waals surface area contributed by atoms with Crippen LogP contribution >= 0.6 is 0 Å². The van der Waals surface area contributed by atoms with E-state index in [1.54, 1.807) is 12.1 Å². The van der Waals surface area contributed by atoms with Crippen LogP contribution in [0.1, 0.15) is 39.6 Å². The Hall–Kier alpha value is -2.38. The predicted octanol–water partition coefficient (Wildman–Crippen LogP) is 1.95. The van der Waals surface area contributed by atoms with E-state index in [9.17, 15) is 9.18 Å². The summed E-state index contributed by atoms with van der Waals surface area (Å²) in [5.41, 5.74) is 3.16. The average molecular weight is 384 g/mol. The molecule has 1 saturated heterocycles. The molecule has 0 radical (unpaired) electrons. The Bertz CT molecular complexity index is 863. The third-order valence-electron chi connectivity index (χ3n) is 5.72. The van der Waals surface area contributed by atoms with Crippen LogP contribution in [0.2, 0.25) is 0 Å². The minimum absolute atomic E-state index is 0.0177. The first-order valence-electron chi connectivity index (χ1n) is 9.79. The monoisotopic (exact) mass is 384 g/mol. The van der Waals surface area contributed by atoms with Crippen molar-refractivity contribution in [3.63, 3.8) is 0 Å². The lowest BCUT2D eigenvalue weighted by Crippen LogP contribution is -2.48. The molecule has 7 heteroatoms. The van der Waals surface area contributed by atoms with Crippen LogP contribution in [0.3, 0.4) is 0 Å². The first kappa shape index (κ1) is 19.0. The number of Topliss-reactive ketones (excluding diaryl/α,β-unsaturated/α-hetero) is 1. The molecule has 1 aromatic heterocycles. The number of carbonyl (C=O) groups is 1. The number of halogens is 1. The summed E-state index contributed by atoms with van der Waals surface area (Å²) >= 11 is 0. The van der Waals surface area contributed by atoms with Gasteiger partial charge in [0.1, 0.15) is 5.82 Å². The molecule has 0 bridgehead atoms. The van der Waals surface area contributed by atoms with Gasteiger partial charge in [0.05, 0.1) is 23.6 Å². The number of hydrogen-bond donors (Lipinski definition) is 1. The first-order chi connectivity index (χ1) is 13.5. The molecule has 2 aliphatic rings. The molecule has 0 saturated carbocycles. The Morgan fingerprint density at radius 2 is 1.82 bits per heavy atom. The van der Waals surface area contributed by atoms with Gasteiger partial charge in [-0.25, -0.2) is 14.4 Å². The van der Waals surface area contributed by atoms with Crippen molar-refractivity contribution in [2.75, 3.05) is 44.2 Å². The Balaban J connectivity index is 1.57. The van der Waals surface area contributed by atoms with E-state index in [1.165, 1.54) is 12.1 Å². The summed E-state index contributed by atoms with van der Waals surface area (Å²) in [5.74, 6) is 0.482. The van der Waals surface area contributed by atoms with Crippen LogP contribution in [0.5, 0.6) is 0 Å². The highest BCUT2D eigenvalue weighted by atomic mass is 19.1. The number of fused-ring (bicyclic) bond motifs is 1. The Labute approximate surface area is 164 Å². The number of aliphatic hydroxyl groups is 1. The maximum atomic E-state index is 13.2. The molecular formula is C21H25FN4O2. The lowest BCUT2D eigenvalue weighted by molar-refractivity contribution is 0.0962. The van der Waals surface area contributed by atoms with E-state index < -0.39 is 0 Å². The van der Waals surface area contributed by atoms with E-state index in [0.717, 1.165) is 43.1 Å². The number of ketones is 1. The van der Waals surface area contributed by atoms with E-state index in [4.69, 9.17) is 10.1 Å². The van der Waals surface area contributed by atoms with Gasteiger partial charge in [-0.1, -0.05) is 12.1 Å². The standard InChI is InChI=1S/C21H25FN4O2/c1-14-20-18(12-16(13-19(20)28)15-2-4-17(22)5-3-15)24-21(23-14)26-8-6-25(7-9-26)10-11-27/h2-5,16,27H,6-13H2,1H3/t16-/m0/s1. The van der Waals surface area contributed by atoms with Crippen LogP contribution in [0.4, 0.5) is 10.3 Å². The van der Waals surface area contributed by atoms with Crippen molar-refractivity contribution in [3.8, 4) is 0 Å². The van der Waals surface area contributed by atoms with Crippen molar-refractivity contribution in [3.05, 3.63) is 52.6 Å². The number of aryl methyl sites for hydroxylation is 1. The fourth-order valence-electron chi connectivity index (χ4n) is 4.18. The molecule has 2 aromatic rings. The van der Waals surface area contributed by atoms with Gasteiger partial charge in [-0.2, -0.15) is 0 Å². The van der Waals surface area contributed by atoms with Gasteiger partial charge in [-0.15, -0.1) is 0 Å². The van der Waals surface area contributed by atoms with Gasteiger partial charge in [0.25, 0.3) is 0 Å². The minimum atomic E-state index is -0.271. The molecule has 1 atom stereocenters. The Morgan fingerprint density at radius 3 is 2.50 bits per heavy atom. The molecular weight excluding hydrogens is 359 g/mol. The van der Waals surface area contributed by atoms with Gasteiger partial charge in [-0.3, -0.25) is 9.69 Å². The Morgan fingerprint density at radius 1 is 1.11 bits per heavy atom. The van der Waals surface area contributed by atoms with Crippen molar-refractivity contribution < 1.29 is 14.3 Å². The largest absolute Gasteiger partial charge is 0.395 e. The molecule has 4 rings (SSSR count). The van der Waals surface area contributed by atoms with E-state index in [1.807, 2.05) is 6.92 Å². The molecule has 28 heavy (non-hydrogen) atoms. The highest BCUT2D eigenvalue weighted by Gasteiger charge is 2.31. The summed E-state index contributed by atoms with van der Waals surface area (Å²) in [6.07, 6.45) is 1.07. The second-order valence-corrected chi connectivity index (χ2v) is 7.56. The number of aliphatic hydroxyl groups excluding tert-OH is 1. The van der Waals surface area contributed by atoms with Crippen LogP contribution in [0.15, 0.2) is 24.3 Å². The van der Waals surface area contributed by atoms with Gasteiger partial charge in [0.15, 0.2) is 5.78 Å². The zero-order valence-electron chi connectivity index (χ0n) is 16.1. The number of hydrogen-bond acceptors (Lipinski definition) is 6. The van der Waals surface area contributed by atoms with Crippen LogP contribution in [0.25, 0.3) is 0 Å². The van der Waals surface area contributed by atoms with E-state index in [-0.39, 0.29) is 24.1 Å². The summed E-state index contributed by atoms with van der Waals surface area (Å²) in [6.45, 7) is 6.05. The highest BCUT2D eigenvalue weighted by molar-refractivity contribution is 5.99. The molecule has 1 fully saturated rings. The van der Waals surface area contributed by atoms with Crippen LogP contribution in [-0.4, -0.2) is 65.1 Å². The van der Waals surface area contributed by atoms with E-state index in [2.05, 4.69) is 14.8 Å². The summed E-state index contributed by atoms with van der Waals surface area (Å²) in [6, 6.07) is 6.40. The van der Waals surface area contributed by atoms with Crippen LogP contribution < -0.4 is 4.90 Å². The molecule has 0 spiro atoms. The van der Waals surface area contributed by atoms with Gasteiger partial charge in [-0.05, 0) is 37.0 Å². The molecule has 6 nitrogen and oxygen atoms in total. The topological polar surface area (TPSA) is 69.6 Å². The van der Waals surface area contributed by atoms with Crippen molar-refractivity contribution in [2.45, 2.75) is 25.7 Å². The van der Waals surface area contributed by atoms with Gasteiger partial charge in [0.2, 0.25) is 5.95 Å². The zero-order valence-corrected chi connectivity index (χ0v) is 16.1. The fourth-order valence-corrected chi connectivity index (χ4v) is 4.18. The third-order valence-corrected chi connectivity index (χ3v) is 5.72. The number of aromatic nitrogens is 2. The summed E-state index contributed by atoms with van der Waals surface area (Å²) in [5, 5.41) is 9.10.